The van der Waals surface area contributed by atoms with E-state index in [-0.39, 0.29) is 11.8 Å². The highest BCUT2D eigenvalue weighted by Crippen LogP contribution is 2.21. The lowest BCUT2D eigenvalue weighted by Crippen LogP contribution is -2.48. The van der Waals surface area contributed by atoms with Crippen LogP contribution in [0, 0.1) is 13.8 Å². The highest BCUT2D eigenvalue weighted by atomic mass is 16.5. The molecule has 27 heavy (non-hydrogen) atoms. The van der Waals surface area contributed by atoms with E-state index in [9.17, 15) is 4.79 Å². The quantitative estimate of drug-likeness (QED) is 0.695. The number of anilines is 1. The van der Waals surface area contributed by atoms with Crippen molar-refractivity contribution >= 4 is 11.7 Å². The molecule has 2 aromatic rings. The van der Waals surface area contributed by atoms with Crippen molar-refractivity contribution in [3.05, 3.63) is 41.5 Å². The number of carbonyl (C=O) groups excluding carboxylic acids is 1. The summed E-state index contributed by atoms with van der Waals surface area (Å²) in [4.78, 5) is 25.9. The average Bonchev–Trinajstić information content (AvgIpc) is 2.97. The summed E-state index contributed by atoms with van der Waals surface area (Å²) in [5, 5.41) is 0. The molecule has 0 spiro atoms. The number of piperazine rings is 1. The zero-order valence-corrected chi connectivity index (χ0v) is 16.7. The number of hydrogen-bond acceptors (Lipinski definition) is 6. The predicted octanol–water partition coefficient (Wildman–Crippen LogP) is 2.11. The largest absolute Gasteiger partial charge is 0.383 e. The molecule has 0 amide bonds. The second kappa shape index (κ2) is 8.63. The Kier molecular flexibility index (Phi) is 6.23. The van der Waals surface area contributed by atoms with Crippen LogP contribution < -0.4 is 4.90 Å². The summed E-state index contributed by atoms with van der Waals surface area (Å²) in [6.07, 6.45) is 3.52. The third-order valence-corrected chi connectivity index (χ3v) is 5.21. The fourth-order valence-corrected chi connectivity index (χ4v) is 3.90. The highest BCUT2D eigenvalue weighted by molar-refractivity contribution is 5.99. The number of Topliss-reactive ketones (excluding diaryl/α,β-unsaturated/α-hetero) is 1. The number of ketones is 1. The van der Waals surface area contributed by atoms with Crippen LogP contribution in [0.15, 0.2) is 24.5 Å². The van der Waals surface area contributed by atoms with Crippen molar-refractivity contribution in [2.45, 2.75) is 26.8 Å². The molecule has 1 atom stereocenters. The van der Waals surface area contributed by atoms with Gasteiger partial charge in [0.25, 0.3) is 0 Å². The van der Waals surface area contributed by atoms with Crippen molar-refractivity contribution < 1.29 is 9.53 Å². The van der Waals surface area contributed by atoms with Crippen molar-refractivity contribution in [2.75, 3.05) is 51.3 Å². The lowest BCUT2D eigenvalue weighted by molar-refractivity contribution is 0.0925. The van der Waals surface area contributed by atoms with E-state index in [0.717, 1.165) is 49.1 Å². The van der Waals surface area contributed by atoms with E-state index in [1.54, 1.807) is 19.5 Å². The van der Waals surface area contributed by atoms with E-state index in [2.05, 4.69) is 38.2 Å². The molecule has 3 rings (SSSR count). The van der Waals surface area contributed by atoms with Crippen LogP contribution in [0.1, 0.15) is 34.7 Å². The van der Waals surface area contributed by atoms with Crippen molar-refractivity contribution in [2.24, 2.45) is 0 Å². The summed E-state index contributed by atoms with van der Waals surface area (Å²) in [5.74, 6) is 0.947. The molecule has 0 radical (unpaired) electrons. The molecule has 0 bridgehead atoms. The van der Waals surface area contributed by atoms with Gasteiger partial charge in [0.2, 0.25) is 5.95 Å². The first-order chi connectivity index (χ1) is 13.0. The number of nitrogens with zero attached hydrogens (tertiary/aromatic N) is 5. The zero-order valence-electron chi connectivity index (χ0n) is 16.7. The summed E-state index contributed by atoms with van der Waals surface area (Å²) >= 11 is 0. The van der Waals surface area contributed by atoms with Crippen LogP contribution in [0.2, 0.25) is 0 Å². The van der Waals surface area contributed by atoms with Crippen LogP contribution in [0.5, 0.6) is 0 Å². The van der Waals surface area contributed by atoms with Gasteiger partial charge in [0.15, 0.2) is 5.78 Å². The number of carbonyl (C=O) groups is 1. The van der Waals surface area contributed by atoms with Gasteiger partial charge in [-0.2, -0.15) is 0 Å². The van der Waals surface area contributed by atoms with Crippen molar-refractivity contribution in [1.29, 1.82) is 0 Å². The summed E-state index contributed by atoms with van der Waals surface area (Å²) in [6, 6.07) is 4.05. The summed E-state index contributed by atoms with van der Waals surface area (Å²) in [7, 11) is 1.71. The number of aryl methyl sites for hydroxylation is 1. The average molecular weight is 371 g/mol. The maximum absolute atomic E-state index is 12.9. The maximum atomic E-state index is 12.9. The van der Waals surface area contributed by atoms with Gasteiger partial charge in [0, 0.05) is 62.6 Å². The topological polar surface area (TPSA) is 63.5 Å². The van der Waals surface area contributed by atoms with Crippen molar-refractivity contribution in [3.8, 4) is 0 Å². The van der Waals surface area contributed by atoms with Crippen LogP contribution >= 0.6 is 0 Å². The molecular weight excluding hydrogens is 342 g/mol. The highest BCUT2D eigenvalue weighted by Gasteiger charge is 2.23. The second-order valence-electron chi connectivity index (χ2n) is 7.19. The first-order valence-electron chi connectivity index (χ1n) is 9.46. The Morgan fingerprint density at radius 3 is 2.48 bits per heavy atom. The molecule has 0 aromatic carbocycles. The molecule has 0 unspecified atom stereocenters. The van der Waals surface area contributed by atoms with E-state index >= 15 is 0 Å². The van der Waals surface area contributed by atoms with E-state index in [1.807, 2.05) is 19.1 Å². The monoisotopic (exact) mass is 371 g/mol. The fraction of sp³-hybridized carbons (Fsp3) is 0.550. The van der Waals surface area contributed by atoms with Gasteiger partial charge >= 0.3 is 0 Å². The molecule has 7 heteroatoms. The molecule has 2 aromatic heterocycles. The number of hydrogen-bond donors (Lipinski definition) is 0. The van der Waals surface area contributed by atoms with E-state index in [1.165, 1.54) is 0 Å². The van der Waals surface area contributed by atoms with Crippen molar-refractivity contribution in [3.63, 3.8) is 0 Å². The lowest BCUT2D eigenvalue weighted by Gasteiger charge is -2.34. The van der Waals surface area contributed by atoms with Gasteiger partial charge < -0.3 is 14.2 Å². The molecule has 0 N–H and O–H groups in total. The Morgan fingerprint density at radius 2 is 1.85 bits per heavy atom. The Balaban J connectivity index is 1.61. The Bertz CT molecular complexity index is 766. The van der Waals surface area contributed by atoms with Crippen LogP contribution in [0.3, 0.4) is 0 Å². The molecule has 146 valence electrons. The molecule has 7 nitrogen and oxygen atoms in total. The van der Waals surface area contributed by atoms with Crippen LogP contribution in [0.25, 0.3) is 0 Å². The molecule has 1 aliphatic heterocycles. The minimum Gasteiger partial charge on any atom is -0.383 e. The van der Waals surface area contributed by atoms with Crippen LogP contribution in [-0.4, -0.2) is 71.7 Å². The van der Waals surface area contributed by atoms with E-state index < -0.39 is 0 Å². The van der Waals surface area contributed by atoms with E-state index in [4.69, 9.17) is 4.74 Å². The Morgan fingerprint density at radius 1 is 1.19 bits per heavy atom. The fourth-order valence-electron chi connectivity index (χ4n) is 3.90. The SMILES string of the molecule is COC[C@H](C)n1c(C)cc(C(=O)CN2CCN(c3ncccn3)CC2)c1C. The third-order valence-electron chi connectivity index (χ3n) is 5.21. The number of aromatic nitrogens is 3. The first kappa shape index (κ1) is 19.5. The normalized spacial score (nSPS) is 16.5. The minimum atomic E-state index is 0.184. The van der Waals surface area contributed by atoms with Gasteiger partial charge in [-0.1, -0.05) is 0 Å². The summed E-state index contributed by atoms with van der Waals surface area (Å²) in [6.45, 7) is 10.6. The standard InChI is InChI=1S/C20H29N5O2/c1-15-12-18(17(3)25(15)16(2)14-27-4)19(26)13-23-8-10-24(11-9-23)20-21-6-5-7-22-20/h5-7,12,16H,8-11,13-14H2,1-4H3/t16-/m0/s1. The smallest absolute Gasteiger partial charge is 0.225 e. The third kappa shape index (κ3) is 4.36. The molecule has 1 saturated heterocycles. The van der Waals surface area contributed by atoms with Gasteiger partial charge in [0.1, 0.15) is 0 Å². The molecular formula is C20H29N5O2. The van der Waals surface area contributed by atoms with Gasteiger partial charge in [-0.25, -0.2) is 9.97 Å². The van der Waals surface area contributed by atoms with Gasteiger partial charge in [0.05, 0.1) is 19.2 Å². The van der Waals surface area contributed by atoms with E-state index in [0.29, 0.717) is 13.2 Å². The molecule has 1 aliphatic rings. The van der Waals surface area contributed by atoms with Crippen LogP contribution in [-0.2, 0) is 4.74 Å². The molecule has 3 heterocycles. The predicted molar refractivity (Wildman–Crippen MR) is 106 cm³/mol. The van der Waals surface area contributed by atoms with Crippen molar-refractivity contribution in [1.82, 2.24) is 19.4 Å². The Labute approximate surface area is 161 Å². The second-order valence-corrected chi connectivity index (χ2v) is 7.19. The summed E-state index contributed by atoms with van der Waals surface area (Å²) < 4.78 is 7.47. The molecule has 1 fully saturated rings. The summed E-state index contributed by atoms with van der Waals surface area (Å²) in [5.41, 5.74) is 2.95. The lowest BCUT2D eigenvalue weighted by atomic mass is 10.1. The van der Waals surface area contributed by atoms with Gasteiger partial charge in [-0.3, -0.25) is 9.69 Å². The van der Waals surface area contributed by atoms with Gasteiger partial charge in [-0.15, -0.1) is 0 Å². The zero-order chi connectivity index (χ0) is 19.4. The molecule has 0 aliphatic carbocycles. The maximum Gasteiger partial charge on any atom is 0.225 e. The number of methoxy groups -OCH3 is 1. The Hall–Kier alpha value is -2.25. The minimum absolute atomic E-state index is 0.184. The number of ether oxygens (including phenoxy) is 1. The first-order valence-corrected chi connectivity index (χ1v) is 9.46. The molecule has 0 saturated carbocycles. The number of rotatable bonds is 7. The van der Waals surface area contributed by atoms with Crippen LogP contribution in [0.4, 0.5) is 5.95 Å². The van der Waals surface area contributed by atoms with Gasteiger partial charge in [-0.05, 0) is 32.9 Å².